The smallest absolute Gasteiger partial charge is 0.264 e. The van der Waals surface area contributed by atoms with E-state index in [-0.39, 0.29) is 5.91 Å². The number of rotatable bonds is 1. The number of hydrogen-bond donors (Lipinski definition) is 0. The van der Waals surface area contributed by atoms with Gasteiger partial charge in [0, 0.05) is 18.6 Å². The van der Waals surface area contributed by atoms with Gasteiger partial charge in [-0.2, -0.15) is 0 Å². The van der Waals surface area contributed by atoms with Crippen LogP contribution in [-0.2, 0) is 0 Å². The molecule has 0 bridgehead atoms. The Balaban J connectivity index is 2.93. The minimum atomic E-state index is 0.0480. The maximum Gasteiger partial charge on any atom is 0.264 e. The van der Waals surface area contributed by atoms with Crippen LogP contribution in [0.3, 0.4) is 0 Å². The first-order valence-corrected chi connectivity index (χ1v) is 4.75. The molecule has 0 aliphatic carbocycles. The second-order valence-electron chi connectivity index (χ2n) is 2.30. The first kappa shape index (κ1) is 8.74. The van der Waals surface area contributed by atoms with Crippen LogP contribution in [0.25, 0.3) is 0 Å². The third kappa shape index (κ3) is 1.81. The van der Waals surface area contributed by atoms with Gasteiger partial charge in [0.1, 0.15) is 4.88 Å². The molecule has 0 spiro atoms. The van der Waals surface area contributed by atoms with Crippen LogP contribution in [0.2, 0.25) is 0 Å². The molecule has 0 fully saturated rings. The maximum absolute atomic E-state index is 11.3. The van der Waals surface area contributed by atoms with E-state index in [0.29, 0.717) is 0 Å². The van der Waals surface area contributed by atoms with E-state index in [1.54, 1.807) is 19.0 Å². The highest BCUT2D eigenvalue weighted by molar-refractivity contribution is 9.10. The standard InChI is InChI=1S/C7H8BrNOS/c1-9(2)7(10)6-5(8)3-4-11-6/h3-4H,1-2H3. The summed E-state index contributed by atoms with van der Waals surface area (Å²) in [4.78, 5) is 13.7. The summed E-state index contributed by atoms with van der Waals surface area (Å²) in [7, 11) is 3.49. The minimum absolute atomic E-state index is 0.0480. The lowest BCUT2D eigenvalue weighted by atomic mass is 10.4. The summed E-state index contributed by atoms with van der Waals surface area (Å²) >= 11 is 4.75. The lowest BCUT2D eigenvalue weighted by Gasteiger charge is -2.07. The summed E-state index contributed by atoms with van der Waals surface area (Å²) in [6.07, 6.45) is 0. The van der Waals surface area contributed by atoms with Gasteiger partial charge in [-0.3, -0.25) is 4.79 Å². The summed E-state index contributed by atoms with van der Waals surface area (Å²) in [5.74, 6) is 0.0480. The topological polar surface area (TPSA) is 20.3 Å². The van der Waals surface area contributed by atoms with Crippen molar-refractivity contribution in [3.63, 3.8) is 0 Å². The molecule has 1 heterocycles. The fraction of sp³-hybridized carbons (Fsp3) is 0.286. The quantitative estimate of drug-likeness (QED) is 0.729. The van der Waals surface area contributed by atoms with Crippen molar-refractivity contribution < 1.29 is 4.79 Å². The highest BCUT2D eigenvalue weighted by atomic mass is 79.9. The Morgan fingerprint density at radius 2 is 2.27 bits per heavy atom. The Morgan fingerprint density at radius 1 is 1.64 bits per heavy atom. The van der Waals surface area contributed by atoms with Gasteiger partial charge in [-0.15, -0.1) is 11.3 Å². The fourth-order valence-electron chi connectivity index (χ4n) is 0.649. The zero-order valence-electron chi connectivity index (χ0n) is 6.30. The molecule has 1 aromatic heterocycles. The van der Waals surface area contributed by atoms with E-state index in [2.05, 4.69) is 15.9 Å². The number of carbonyl (C=O) groups excluding carboxylic acids is 1. The van der Waals surface area contributed by atoms with Crippen LogP contribution in [0.15, 0.2) is 15.9 Å². The van der Waals surface area contributed by atoms with Gasteiger partial charge in [-0.1, -0.05) is 0 Å². The summed E-state index contributed by atoms with van der Waals surface area (Å²) in [6.45, 7) is 0. The van der Waals surface area contributed by atoms with Gasteiger partial charge in [-0.25, -0.2) is 0 Å². The highest BCUT2D eigenvalue weighted by Gasteiger charge is 2.12. The molecule has 0 N–H and O–H groups in total. The average Bonchev–Trinajstić information content (AvgIpc) is 2.33. The van der Waals surface area contributed by atoms with E-state index in [4.69, 9.17) is 0 Å². The molecule has 0 aliphatic heterocycles. The molecule has 11 heavy (non-hydrogen) atoms. The van der Waals surface area contributed by atoms with Gasteiger partial charge in [0.2, 0.25) is 0 Å². The predicted molar refractivity (Wildman–Crippen MR) is 50.0 cm³/mol. The van der Waals surface area contributed by atoms with Crippen LogP contribution in [0.4, 0.5) is 0 Å². The van der Waals surface area contributed by atoms with Gasteiger partial charge in [0.15, 0.2) is 0 Å². The van der Waals surface area contributed by atoms with E-state index in [9.17, 15) is 4.79 Å². The summed E-state index contributed by atoms with van der Waals surface area (Å²) in [5.41, 5.74) is 0. The van der Waals surface area contributed by atoms with Crippen LogP contribution >= 0.6 is 27.3 Å². The molecule has 0 saturated heterocycles. The summed E-state index contributed by atoms with van der Waals surface area (Å²) in [6, 6.07) is 1.88. The average molecular weight is 234 g/mol. The lowest BCUT2D eigenvalue weighted by Crippen LogP contribution is -2.20. The van der Waals surface area contributed by atoms with E-state index in [1.165, 1.54) is 11.3 Å². The van der Waals surface area contributed by atoms with Gasteiger partial charge < -0.3 is 4.90 Å². The van der Waals surface area contributed by atoms with E-state index >= 15 is 0 Å². The molecule has 1 rings (SSSR count). The molecule has 2 nitrogen and oxygen atoms in total. The molecule has 0 aliphatic rings. The van der Waals surface area contributed by atoms with Crippen molar-refractivity contribution >= 4 is 33.2 Å². The summed E-state index contributed by atoms with van der Waals surface area (Å²) in [5, 5.41) is 1.89. The van der Waals surface area contributed by atoms with Crippen molar-refractivity contribution in [1.82, 2.24) is 4.90 Å². The van der Waals surface area contributed by atoms with Crippen LogP contribution in [0, 0.1) is 0 Å². The fourth-order valence-corrected chi connectivity index (χ4v) is 2.21. The molecule has 0 aromatic carbocycles. The van der Waals surface area contributed by atoms with Crippen molar-refractivity contribution in [3.05, 3.63) is 20.8 Å². The normalized spacial score (nSPS) is 9.73. The molecule has 1 amide bonds. The number of amides is 1. The van der Waals surface area contributed by atoms with Gasteiger partial charge >= 0.3 is 0 Å². The second kappa shape index (κ2) is 3.36. The third-order valence-corrected chi connectivity index (χ3v) is 3.04. The van der Waals surface area contributed by atoms with E-state index in [1.807, 2.05) is 11.4 Å². The van der Waals surface area contributed by atoms with Gasteiger partial charge in [0.25, 0.3) is 5.91 Å². The Kier molecular flexibility index (Phi) is 2.67. The zero-order valence-corrected chi connectivity index (χ0v) is 8.70. The Labute approximate surface area is 78.0 Å². The molecular weight excluding hydrogens is 226 g/mol. The van der Waals surface area contributed by atoms with Gasteiger partial charge in [0.05, 0.1) is 0 Å². The van der Waals surface area contributed by atoms with Crippen LogP contribution in [-0.4, -0.2) is 24.9 Å². The third-order valence-electron chi connectivity index (χ3n) is 1.22. The molecular formula is C7H8BrNOS. The van der Waals surface area contributed by atoms with Crippen LogP contribution in [0.5, 0.6) is 0 Å². The molecule has 0 unspecified atom stereocenters. The second-order valence-corrected chi connectivity index (χ2v) is 4.07. The van der Waals surface area contributed by atoms with Crippen LogP contribution < -0.4 is 0 Å². The van der Waals surface area contributed by atoms with Crippen molar-refractivity contribution in [2.24, 2.45) is 0 Å². The molecule has 0 saturated carbocycles. The maximum atomic E-state index is 11.3. The number of nitrogens with zero attached hydrogens (tertiary/aromatic N) is 1. The largest absolute Gasteiger partial charge is 0.344 e. The Hall–Kier alpha value is -0.350. The van der Waals surface area contributed by atoms with E-state index < -0.39 is 0 Å². The molecule has 4 heteroatoms. The molecule has 1 aromatic rings. The predicted octanol–water partition coefficient (Wildman–Crippen LogP) is 2.21. The monoisotopic (exact) mass is 233 g/mol. The Bertz CT molecular complexity index is 269. The number of carbonyl (C=O) groups is 1. The van der Waals surface area contributed by atoms with E-state index in [0.717, 1.165) is 9.35 Å². The van der Waals surface area contributed by atoms with Crippen molar-refractivity contribution in [2.45, 2.75) is 0 Å². The number of halogens is 1. The first-order valence-electron chi connectivity index (χ1n) is 3.07. The number of hydrogen-bond acceptors (Lipinski definition) is 2. The van der Waals surface area contributed by atoms with Crippen molar-refractivity contribution in [1.29, 1.82) is 0 Å². The van der Waals surface area contributed by atoms with Crippen molar-refractivity contribution in [3.8, 4) is 0 Å². The SMILES string of the molecule is CN(C)C(=O)c1sccc1Br. The zero-order chi connectivity index (χ0) is 8.43. The van der Waals surface area contributed by atoms with Gasteiger partial charge in [-0.05, 0) is 27.4 Å². The highest BCUT2D eigenvalue weighted by Crippen LogP contribution is 2.23. The first-order chi connectivity index (χ1) is 5.13. The lowest BCUT2D eigenvalue weighted by molar-refractivity contribution is 0.0831. The van der Waals surface area contributed by atoms with Crippen LogP contribution in [0.1, 0.15) is 9.67 Å². The molecule has 60 valence electrons. The summed E-state index contributed by atoms with van der Waals surface area (Å²) < 4.78 is 0.876. The number of thiophene rings is 1. The Morgan fingerprint density at radius 3 is 2.64 bits per heavy atom. The molecule has 0 radical (unpaired) electrons. The van der Waals surface area contributed by atoms with Crippen molar-refractivity contribution in [2.75, 3.05) is 14.1 Å². The minimum Gasteiger partial charge on any atom is -0.344 e. The molecule has 0 atom stereocenters.